The molecule has 22 heavy (non-hydrogen) atoms. The summed E-state index contributed by atoms with van der Waals surface area (Å²) in [4.78, 5) is 12.2. The lowest BCUT2D eigenvalue weighted by atomic mass is 10.1. The van der Waals surface area contributed by atoms with Crippen LogP contribution in [0.15, 0.2) is 48.5 Å². The van der Waals surface area contributed by atoms with Gasteiger partial charge in [0.2, 0.25) is 0 Å². The van der Waals surface area contributed by atoms with Crippen molar-refractivity contribution in [1.29, 1.82) is 0 Å². The fraction of sp³-hybridized carbons (Fsp3) is 0.278. The Morgan fingerprint density at radius 3 is 2.50 bits per heavy atom. The number of rotatable bonds is 6. The zero-order chi connectivity index (χ0) is 15.9. The Balaban J connectivity index is 2.02. The quantitative estimate of drug-likeness (QED) is 0.859. The molecule has 0 saturated heterocycles. The average molecular weight is 298 g/mol. The van der Waals surface area contributed by atoms with E-state index in [1.807, 2.05) is 24.3 Å². The molecule has 0 bridgehead atoms. The molecule has 2 N–H and O–H groups in total. The zero-order valence-corrected chi connectivity index (χ0v) is 13.2. The molecule has 2 aromatic carbocycles. The van der Waals surface area contributed by atoms with Crippen molar-refractivity contribution in [3.8, 4) is 5.75 Å². The molecule has 0 aliphatic carbocycles. The summed E-state index contributed by atoms with van der Waals surface area (Å²) in [5.74, 6) is 0.606. The van der Waals surface area contributed by atoms with Crippen molar-refractivity contribution in [2.24, 2.45) is 0 Å². The van der Waals surface area contributed by atoms with Crippen LogP contribution in [0, 0.1) is 0 Å². The molecular formula is C18H22N2O2. The van der Waals surface area contributed by atoms with Crippen LogP contribution in [0.3, 0.4) is 0 Å². The summed E-state index contributed by atoms with van der Waals surface area (Å²) >= 11 is 0. The van der Waals surface area contributed by atoms with E-state index in [4.69, 9.17) is 4.74 Å². The normalized spacial score (nSPS) is 10.5. The first-order valence-electron chi connectivity index (χ1n) is 7.36. The highest BCUT2D eigenvalue weighted by Crippen LogP contribution is 2.15. The molecule has 0 atom stereocenters. The first-order chi connectivity index (χ1) is 10.6. The average Bonchev–Trinajstić information content (AvgIpc) is 2.53. The van der Waals surface area contributed by atoms with Gasteiger partial charge in [0.1, 0.15) is 5.75 Å². The molecule has 0 saturated carbocycles. The lowest BCUT2D eigenvalue weighted by molar-refractivity contribution is 0.102. The minimum Gasteiger partial charge on any atom is -0.497 e. The Bertz CT molecular complexity index is 621. The summed E-state index contributed by atoms with van der Waals surface area (Å²) in [5.41, 5.74) is 2.54. The van der Waals surface area contributed by atoms with Gasteiger partial charge in [-0.25, -0.2) is 0 Å². The Morgan fingerprint density at radius 2 is 1.86 bits per heavy atom. The van der Waals surface area contributed by atoms with Crippen LogP contribution in [-0.4, -0.2) is 19.1 Å². The largest absolute Gasteiger partial charge is 0.497 e. The van der Waals surface area contributed by atoms with Gasteiger partial charge >= 0.3 is 0 Å². The van der Waals surface area contributed by atoms with Gasteiger partial charge in [-0.05, 0) is 42.0 Å². The molecule has 2 aromatic rings. The number of amides is 1. The van der Waals surface area contributed by atoms with E-state index in [9.17, 15) is 4.79 Å². The highest BCUT2D eigenvalue weighted by Gasteiger charge is 2.06. The molecule has 4 nitrogen and oxygen atoms in total. The second kappa shape index (κ2) is 7.61. The molecule has 0 heterocycles. The molecule has 0 aliphatic rings. The predicted octanol–water partition coefficient (Wildman–Crippen LogP) is 3.45. The number of methoxy groups -OCH3 is 1. The SMILES string of the molecule is COc1ccc(C(=O)Nc2cccc(CNC(C)C)c2)cc1. The lowest BCUT2D eigenvalue weighted by Gasteiger charge is -2.10. The van der Waals surface area contributed by atoms with Gasteiger partial charge in [-0.1, -0.05) is 26.0 Å². The number of carbonyl (C=O) groups is 1. The Hall–Kier alpha value is -2.33. The molecule has 0 fully saturated rings. The second-order valence-corrected chi connectivity index (χ2v) is 5.42. The highest BCUT2D eigenvalue weighted by molar-refractivity contribution is 6.04. The van der Waals surface area contributed by atoms with E-state index in [0.29, 0.717) is 11.6 Å². The summed E-state index contributed by atoms with van der Waals surface area (Å²) in [7, 11) is 1.60. The number of hydrogen-bond donors (Lipinski definition) is 2. The summed E-state index contributed by atoms with van der Waals surface area (Å²) in [6, 6.07) is 15.3. The third kappa shape index (κ3) is 4.60. The molecule has 0 unspecified atom stereocenters. The van der Waals surface area contributed by atoms with E-state index >= 15 is 0 Å². The van der Waals surface area contributed by atoms with Gasteiger partial charge in [0.05, 0.1) is 7.11 Å². The van der Waals surface area contributed by atoms with Crippen LogP contribution < -0.4 is 15.4 Å². The standard InChI is InChI=1S/C18H22N2O2/c1-13(2)19-12-14-5-4-6-16(11-14)20-18(21)15-7-9-17(22-3)10-8-15/h4-11,13,19H,12H2,1-3H3,(H,20,21). The molecule has 0 spiro atoms. The highest BCUT2D eigenvalue weighted by atomic mass is 16.5. The van der Waals surface area contributed by atoms with E-state index in [1.165, 1.54) is 0 Å². The van der Waals surface area contributed by atoms with Gasteiger partial charge in [0.25, 0.3) is 5.91 Å². The van der Waals surface area contributed by atoms with Crippen molar-refractivity contribution in [1.82, 2.24) is 5.32 Å². The van der Waals surface area contributed by atoms with E-state index in [-0.39, 0.29) is 5.91 Å². The molecule has 2 rings (SSSR count). The van der Waals surface area contributed by atoms with Crippen LogP contribution >= 0.6 is 0 Å². The number of anilines is 1. The lowest BCUT2D eigenvalue weighted by Crippen LogP contribution is -2.21. The maximum Gasteiger partial charge on any atom is 0.255 e. The number of hydrogen-bond acceptors (Lipinski definition) is 3. The molecule has 0 aromatic heterocycles. The number of nitrogens with one attached hydrogen (secondary N) is 2. The summed E-state index contributed by atoms with van der Waals surface area (Å²) < 4.78 is 5.09. The third-order valence-electron chi connectivity index (χ3n) is 3.25. The number of benzene rings is 2. The summed E-state index contributed by atoms with van der Waals surface area (Å²) in [5, 5.41) is 6.28. The van der Waals surface area contributed by atoms with Crippen molar-refractivity contribution in [3.63, 3.8) is 0 Å². The maximum atomic E-state index is 12.2. The Morgan fingerprint density at radius 1 is 1.14 bits per heavy atom. The van der Waals surface area contributed by atoms with Crippen molar-refractivity contribution >= 4 is 11.6 Å². The molecule has 0 aliphatic heterocycles. The van der Waals surface area contributed by atoms with Crippen LogP contribution in [-0.2, 0) is 6.54 Å². The fourth-order valence-electron chi connectivity index (χ4n) is 2.03. The van der Waals surface area contributed by atoms with E-state index in [1.54, 1.807) is 31.4 Å². The predicted molar refractivity (Wildman–Crippen MR) is 89.4 cm³/mol. The van der Waals surface area contributed by atoms with Gasteiger partial charge in [0.15, 0.2) is 0 Å². The zero-order valence-electron chi connectivity index (χ0n) is 13.2. The van der Waals surface area contributed by atoms with Gasteiger partial charge in [-0.3, -0.25) is 4.79 Å². The van der Waals surface area contributed by atoms with Crippen LogP contribution in [0.2, 0.25) is 0 Å². The van der Waals surface area contributed by atoms with Crippen molar-refractivity contribution in [2.75, 3.05) is 12.4 Å². The van der Waals surface area contributed by atoms with Crippen LogP contribution in [0.1, 0.15) is 29.8 Å². The fourth-order valence-corrected chi connectivity index (χ4v) is 2.03. The molecule has 116 valence electrons. The van der Waals surface area contributed by atoms with Crippen LogP contribution in [0.25, 0.3) is 0 Å². The van der Waals surface area contributed by atoms with Gasteiger partial charge in [-0.2, -0.15) is 0 Å². The monoisotopic (exact) mass is 298 g/mol. The van der Waals surface area contributed by atoms with Crippen LogP contribution in [0.4, 0.5) is 5.69 Å². The Labute approximate surface area is 131 Å². The summed E-state index contributed by atoms with van der Waals surface area (Å²) in [6.45, 7) is 4.99. The van der Waals surface area contributed by atoms with Crippen LogP contribution in [0.5, 0.6) is 5.75 Å². The van der Waals surface area contributed by atoms with Crippen molar-refractivity contribution in [2.45, 2.75) is 26.4 Å². The molecular weight excluding hydrogens is 276 g/mol. The summed E-state index contributed by atoms with van der Waals surface area (Å²) in [6.07, 6.45) is 0. The topological polar surface area (TPSA) is 50.4 Å². The molecule has 4 heteroatoms. The van der Waals surface area contributed by atoms with Gasteiger partial charge in [0, 0.05) is 23.8 Å². The minimum atomic E-state index is -0.128. The van der Waals surface area contributed by atoms with E-state index < -0.39 is 0 Å². The first kappa shape index (κ1) is 16.0. The Kier molecular flexibility index (Phi) is 5.55. The van der Waals surface area contributed by atoms with E-state index in [0.717, 1.165) is 23.5 Å². The third-order valence-corrected chi connectivity index (χ3v) is 3.25. The second-order valence-electron chi connectivity index (χ2n) is 5.42. The molecule has 0 radical (unpaired) electrons. The first-order valence-corrected chi connectivity index (χ1v) is 7.36. The smallest absolute Gasteiger partial charge is 0.255 e. The minimum absolute atomic E-state index is 0.128. The number of carbonyl (C=O) groups excluding carboxylic acids is 1. The number of ether oxygens (including phenoxy) is 1. The van der Waals surface area contributed by atoms with Gasteiger partial charge < -0.3 is 15.4 Å². The maximum absolute atomic E-state index is 12.2. The van der Waals surface area contributed by atoms with Gasteiger partial charge in [-0.15, -0.1) is 0 Å². The van der Waals surface area contributed by atoms with Crippen molar-refractivity contribution < 1.29 is 9.53 Å². The van der Waals surface area contributed by atoms with Crippen molar-refractivity contribution in [3.05, 3.63) is 59.7 Å². The molecule has 1 amide bonds. The van der Waals surface area contributed by atoms with E-state index in [2.05, 4.69) is 24.5 Å².